The predicted octanol–water partition coefficient (Wildman–Crippen LogP) is 2.12. The summed E-state index contributed by atoms with van der Waals surface area (Å²) in [4.78, 5) is 11.6. The van der Waals surface area contributed by atoms with E-state index in [1.54, 1.807) is 13.0 Å². The second-order valence-corrected chi connectivity index (χ2v) is 3.92. The highest BCUT2D eigenvalue weighted by molar-refractivity contribution is 6.17. The molecule has 0 spiro atoms. The van der Waals surface area contributed by atoms with Crippen molar-refractivity contribution in [3.8, 4) is 0 Å². The molecular formula is C10H15ClN2O2. The Balaban J connectivity index is 2.42. The first-order valence-electron chi connectivity index (χ1n) is 4.93. The lowest BCUT2D eigenvalue weighted by molar-refractivity contribution is 0.0901. The molecule has 1 rings (SSSR count). The lowest BCUT2D eigenvalue weighted by Gasteiger charge is -2.11. The van der Waals surface area contributed by atoms with Gasteiger partial charge in [0.15, 0.2) is 0 Å². The number of hydrogen-bond acceptors (Lipinski definition) is 3. The van der Waals surface area contributed by atoms with Gasteiger partial charge >= 0.3 is 0 Å². The van der Waals surface area contributed by atoms with Crippen LogP contribution in [0, 0.1) is 6.92 Å². The van der Waals surface area contributed by atoms with Gasteiger partial charge in [0.25, 0.3) is 5.91 Å². The third kappa shape index (κ3) is 3.91. The van der Waals surface area contributed by atoms with Gasteiger partial charge in [0.1, 0.15) is 0 Å². The Morgan fingerprint density at radius 1 is 1.73 bits per heavy atom. The molecule has 84 valence electrons. The Bertz CT molecular complexity index is 325. The van der Waals surface area contributed by atoms with Crippen LogP contribution in [-0.4, -0.2) is 23.0 Å². The van der Waals surface area contributed by atoms with Crippen molar-refractivity contribution in [3.05, 3.63) is 17.5 Å². The molecule has 1 atom stereocenters. The lowest BCUT2D eigenvalue weighted by Crippen LogP contribution is -2.32. The Labute approximate surface area is 94.0 Å². The smallest absolute Gasteiger partial charge is 0.290 e. The zero-order valence-electron chi connectivity index (χ0n) is 8.92. The number of alkyl halides is 1. The van der Waals surface area contributed by atoms with E-state index in [2.05, 4.69) is 10.5 Å². The zero-order chi connectivity index (χ0) is 11.3. The zero-order valence-corrected chi connectivity index (χ0v) is 9.67. The number of rotatable bonds is 5. The van der Waals surface area contributed by atoms with Crippen LogP contribution >= 0.6 is 11.6 Å². The lowest BCUT2D eigenvalue weighted by atomic mass is 10.2. The standard InChI is InChI=1S/C10H15ClN2O2/c1-7(4-3-5-11)12-10(14)9-6-8(2)13-15-9/h6-7H,3-5H2,1-2H3,(H,12,14). The van der Waals surface area contributed by atoms with Gasteiger partial charge in [0.05, 0.1) is 5.69 Å². The molecule has 1 aromatic rings. The molecule has 1 aromatic heterocycles. The number of aryl methyl sites for hydroxylation is 1. The third-order valence-electron chi connectivity index (χ3n) is 2.00. The maximum atomic E-state index is 11.6. The molecule has 1 amide bonds. The Kier molecular flexibility index (Phi) is 4.62. The minimum absolute atomic E-state index is 0.0988. The van der Waals surface area contributed by atoms with Gasteiger partial charge in [-0.2, -0.15) is 0 Å². The molecule has 5 heteroatoms. The number of nitrogens with zero attached hydrogens (tertiary/aromatic N) is 1. The first-order valence-corrected chi connectivity index (χ1v) is 5.47. The van der Waals surface area contributed by atoms with Crippen molar-refractivity contribution in [3.63, 3.8) is 0 Å². The summed E-state index contributed by atoms with van der Waals surface area (Å²) in [5.74, 6) is 0.643. The van der Waals surface area contributed by atoms with E-state index in [4.69, 9.17) is 16.1 Å². The van der Waals surface area contributed by atoms with Crippen molar-refractivity contribution < 1.29 is 9.32 Å². The molecule has 4 nitrogen and oxygen atoms in total. The van der Waals surface area contributed by atoms with Gasteiger partial charge in [0, 0.05) is 18.0 Å². The van der Waals surface area contributed by atoms with Crippen molar-refractivity contribution in [1.29, 1.82) is 0 Å². The van der Waals surface area contributed by atoms with Gasteiger partial charge in [-0.15, -0.1) is 11.6 Å². The van der Waals surface area contributed by atoms with Gasteiger partial charge in [-0.25, -0.2) is 0 Å². The highest BCUT2D eigenvalue weighted by atomic mass is 35.5. The monoisotopic (exact) mass is 230 g/mol. The van der Waals surface area contributed by atoms with Crippen LogP contribution in [-0.2, 0) is 0 Å². The number of nitrogens with one attached hydrogen (secondary N) is 1. The molecule has 0 aliphatic carbocycles. The van der Waals surface area contributed by atoms with Gasteiger partial charge in [-0.1, -0.05) is 5.16 Å². The number of carbonyl (C=O) groups is 1. The number of amides is 1. The summed E-state index contributed by atoms with van der Waals surface area (Å²) in [6.45, 7) is 3.71. The van der Waals surface area contributed by atoms with Crippen LogP contribution < -0.4 is 5.32 Å². The van der Waals surface area contributed by atoms with Crippen molar-refractivity contribution in [2.75, 3.05) is 5.88 Å². The molecule has 0 saturated carbocycles. The van der Waals surface area contributed by atoms with Crippen LogP contribution in [0.4, 0.5) is 0 Å². The minimum Gasteiger partial charge on any atom is -0.351 e. The van der Waals surface area contributed by atoms with Crippen molar-refractivity contribution in [2.24, 2.45) is 0 Å². The minimum atomic E-state index is -0.224. The molecule has 0 aromatic carbocycles. The van der Waals surface area contributed by atoms with E-state index in [0.29, 0.717) is 11.6 Å². The Morgan fingerprint density at radius 2 is 2.47 bits per heavy atom. The van der Waals surface area contributed by atoms with Crippen LogP contribution in [0.3, 0.4) is 0 Å². The van der Waals surface area contributed by atoms with Crippen LogP contribution in [0.1, 0.15) is 36.0 Å². The molecule has 0 aliphatic rings. The first-order chi connectivity index (χ1) is 7.13. The average Bonchev–Trinajstić information content (AvgIpc) is 2.61. The molecule has 1 unspecified atom stereocenters. The summed E-state index contributed by atoms with van der Waals surface area (Å²) >= 11 is 5.56. The average molecular weight is 231 g/mol. The molecule has 0 aliphatic heterocycles. The van der Waals surface area contributed by atoms with E-state index < -0.39 is 0 Å². The fraction of sp³-hybridized carbons (Fsp3) is 0.600. The fourth-order valence-corrected chi connectivity index (χ4v) is 1.38. The van der Waals surface area contributed by atoms with Crippen LogP contribution in [0.15, 0.2) is 10.6 Å². The van der Waals surface area contributed by atoms with Gasteiger partial charge in [-0.3, -0.25) is 4.79 Å². The maximum absolute atomic E-state index is 11.6. The first kappa shape index (κ1) is 12.0. The van der Waals surface area contributed by atoms with E-state index in [1.807, 2.05) is 6.92 Å². The predicted molar refractivity (Wildman–Crippen MR) is 58.1 cm³/mol. The van der Waals surface area contributed by atoms with Crippen molar-refractivity contribution in [1.82, 2.24) is 10.5 Å². The van der Waals surface area contributed by atoms with E-state index >= 15 is 0 Å². The van der Waals surface area contributed by atoms with Gasteiger partial charge in [0.2, 0.25) is 5.76 Å². The van der Waals surface area contributed by atoms with E-state index in [0.717, 1.165) is 12.8 Å². The maximum Gasteiger partial charge on any atom is 0.290 e. The fourth-order valence-electron chi connectivity index (χ4n) is 1.22. The highest BCUT2D eigenvalue weighted by Gasteiger charge is 2.13. The molecule has 1 N–H and O–H groups in total. The number of halogens is 1. The summed E-state index contributed by atoms with van der Waals surface area (Å²) < 4.78 is 4.84. The Morgan fingerprint density at radius 3 is 3.00 bits per heavy atom. The van der Waals surface area contributed by atoms with E-state index in [9.17, 15) is 4.79 Å². The summed E-state index contributed by atoms with van der Waals surface area (Å²) in [6, 6.07) is 1.71. The van der Waals surface area contributed by atoms with Crippen molar-refractivity contribution in [2.45, 2.75) is 32.7 Å². The van der Waals surface area contributed by atoms with Crippen molar-refractivity contribution >= 4 is 17.5 Å². The quantitative estimate of drug-likeness (QED) is 0.789. The molecule has 0 radical (unpaired) electrons. The summed E-state index contributed by atoms with van der Waals surface area (Å²) in [5.41, 5.74) is 0.702. The van der Waals surface area contributed by atoms with E-state index in [1.165, 1.54) is 0 Å². The number of aromatic nitrogens is 1. The largest absolute Gasteiger partial charge is 0.351 e. The molecule has 15 heavy (non-hydrogen) atoms. The molecule has 1 heterocycles. The number of hydrogen-bond donors (Lipinski definition) is 1. The normalized spacial score (nSPS) is 12.5. The van der Waals surface area contributed by atoms with Gasteiger partial charge < -0.3 is 9.84 Å². The molecule has 0 saturated heterocycles. The summed E-state index contributed by atoms with van der Waals surface area (Å²) in [5, 5.41) is 6.46. The summed E-state index contributed by atoms with van der Waals surface area (Å²) in [7, 11) is 0. The molecular weight excluding hydrogens is 216 g/mol. The number of carbonyl (C=O) groups excluding carboxylic acids is 1. The third-order valence-corrected chi connectivity index (χ3v) is 2.27. The second-order valence-electron chi connectivity index (χ2n) is 3.54. The van der Waals surface area contributed by atoms with E-state index in [-0.39, 0.29) is 17.7 Å². The highest BCUT2D eigenvalue weighted by Crippen LogP contribution is 2.04. The Hall–Kier alpha value is -1.03. The van der Waals surface area contributed by atoms with Crippen LogP contribution in [0.5, 0.6) is 0 Å². The SMILES string of the molecule is Cc1cc(C(=O)NC(C)CCCCl)on1. The summed E-state index contributed by atoms with van der Waals surface area (Å²) in [6.07, 6.45) is 1.75. The van der Waals surface area contributed by atoms with Crippen LogP contribution in [0.25, 0.3) is 0 Å². The van der Waals surface area contributed by atoms with Crippen LogP contribution in [0.2, 0.25) is 0 Å². The van der Waals surface area contributed by atoms with Gasteiger partial charge in [-0.05, 0) is 26.7 Å². The topological polar surface area (TPSA) is 55.1 Å². The molecule has 0 fully saturated rings. The molecule has 0 bridgehead atoms. The second kappa shape index (κ2) is 5.75.